The summed E-state index contributed by atoms with van der Waals surface area (Å²) in [7, 11) is 0. The normalized spacial score (nSPS) is 14.8. The minimum atomic E-state index is -0.917. The number of benzene rings is 1. The zero-order chi connectivity index (χ0) is 15.4. The van der Waals surface area contributed by atoms with Crippen LogP contribution in [0, 0.1) is 0 Å². The molecule has 0 atom stereocenters. The van der Waals surface area contributed by atoms with Gasteiger partial charge in [0.1, 0.15) is 5.76 Å². The third-order valence-corrected chi connectivity index (χ3v) is 3.72. The van der Waals surface area contributed by atoms with Crippen molar-refractivity contribution in [1.82, 2.24) is 0 Å². The molecule has 0 spiro atoms. The molecule has 2 aromatic rings. The number of hydrogen-bond donors (Lipinski definition) is 1. The number of anilines is 1. The van der Waals surface area contributed by atoms with Gasteiger partial charge in [0.15, 0.2) is 5.88 Å². The first-order valence-electron chi connectivity index (χ1n) is 7.39. The zero-order valence-corrected chi connectivity index (χ0v) is 12.2. The highest BCUT2D eigenvalue weighted by molar-refractivity contribution is 5.87. The lowest BCUT2D eigenvalue weighted by atomic mass is 10.1. The maximum atomic E-state index is 10.8. The van der Waals surface area contributed by atoms with Gasteiger partial charge in [0.2, 0.25) is 0 Å². The Morgan fingerprint density at radius 3 is 2.59 bits per heavy atom. The van der Waals surface area contributed by atoms with E-state index in [9.17, 15) is 4.79 Å². The van der Waals surface area contributed by atoms with Gasteiger partial charge in [-0.25, -0.2) is 4.79 Å². The number of hydrogen-bond acceptors (Lipinski definition) is 4. The molecule has 0 bridgehead atoms. The molecule has 1 N–H and O–H groups in total. The van der Waals surface area contributed by atoms with Crippen LogP contribution in [0.3, 0.4) is 0 Å². The van der Waals surface area contributed by atoms with Crippen molar-refractivity contribution in [3.05, 3.63) is 53.3 Å². The first kappa shape index (κ1) is 14.4. The Kier molecular flexibility index (Phi) is 4.23. The Morgan fingerprint density at radius 1 is 1.18 bits per heavy atom. The van der Waals surface area contributed by atoms with E-state index in [1.165, 1.54) is 12.8 Å². The third-order valence-electron chi connectivity index (χ3n) is 3.72. The van der Waals surface area contributed by atoms with E-state index in [2.05, 4.69) is 9.89 Å². The second-order valence-electron chi connectivity index (χ2n) is 5.34. The van der Waals surface area contributed by atoms with Crippen LogP contribution < -0.4 is 4.90 Å². The van der Waals surface area contributed by atoms with Crippen LogP contribution in [0.2, 0.25) is 0 Å². The molecule has 3 rings (SSSR count). The fourth-order valence-electron chi connectivity index (χ4n) is 2.51. The Balaban J connectivity index is 1.58. The summed E-state index contributed by atoms with van der Waals surface area (Å²) in [5.74, 6) is 0.730. The van der Waals surface area contributed by atoms with Crippen LogP contribution in [-0.2, 0) is 6.54 Å². The topological polar surface area (TPSA) is 66.0 Å². The number of aromatic carboxylic acids is 1. The van der Waals surface area contributed by atoms with Gasteiger partial charge in [-0.05, 0) is 36.6 Å². The second kappa shape index (κ2) is 6.47. The molecule has 2 heterocycles. The average Bonchev–Trinajstić information content (AvgIpc) is 3.19. The van der Waals surface area contributed by atoms with Crippen molar-refractivity contribution in [1.29, 1.82) is 0 Å². The molecule has 0 aliphatic carbocycles. The van der Waals surface area contributed by atoms with Crippen molar-refractivity contribution in [3.8, 4) is 0 Å². The van der Waals surface area contributed by atoms with Crippen molar-refractivity contribution in [2.75, 3.05) is 18.0 Å². The van der Waals surface area contributed by atoms with Gasteiger partial charge in [-0.3, -0.25) is 4.99 Å². The standard InChI is InChI=1S/C17H18N2O3/c20-17(21)14-5-3-13(4-6-14)11-18-12-15-7-8-16(22-15)19-9-1-2-10-19/h3-8,12H,1-2,9-11H2,(H,20,21). The van der Waals surface area contributed by atoms with E-state index in [0.29, 0.717) is 6.54 Å². The molecule has 0 radical (unpaired) electrons. The van der Waals surface area contributed by atoms with E-state index in [1.807, 2.05) is 12.1 Å². The van der Waals surface area contributed by atoms with Crippen molar-refractivity contribution < 1.29 is 14.3 Å². The van der Waals surface area contributed by atoms with Gasteiger partial charge in [0, 0.05) is 19.2 Å². The third kappa shape index (κ3) is 3.36. The zero-order valence-electron chi connectivity index (χ0n) is 12.2. The number of nitrogens with zero attached hydrogens (tertiary/aromatic N) is 2. The molecule has 114 valence electrons. The highest BCUT2D eigenvalue weighted by atomic mass is 16.4. The van der Waals surface area contributed by atoms with E-state index in [0.717, 1.165) is 30.3 Å². The molecule has 1 aromatic heterocycles. The highest BCUT2D eigenvalue weighted by Crippen LogP contribution is 2.22. The Morgan fingerprint density at radius 2 is 1.91 bits per heavy atom. The summed E-state index contributed by atoms with van der Waals surface area (Å²) in [5.41, 5.74) is 1.25. The number of rotatable bonds is 5. The van der Waals surface area contributed by atoms with Crippen LogP contribution in [0.1, 0.15) is 34.5 Å². The Hall–Kier alpha value is -2.56. The minimum Gasteiger partial charge on any atom is -0.478 e. The lowest BCUT2D eigenvalue weighted by molar-refractivity contribution is 0.0697. The number of carboxylic acids is 1. The van der Waals surface area contributed by atoms with Crippen molar-refractivity contribution >= 4 is 18.1 Å². The van der Waals surface area contributed by atoms with Gasteiger partial charge in [-0.15, -0.1) is 0 Å². The van der Waals surface area contributed by atoms with Crippen LogP contribution in [0.15, 0.2) is 45.8 Å². The first-order chi connectivity index (χ1) is 10.7. The SMILES string of the molecule is O=C(O)c1ccc(CN=Cc2ccc(N3CCCC3)o2)cc1. The second-order valence-corrected chi connectivity index (χ2v) is 5.34. The summed E-state index contributed by atoms with van der Waals surface area (Å²) in [5, 5.41) is 8.85. The predicted molar refractivity (Wildman–Crippen MR) is 84.9 cm³/mol. The van der Waals surface area contributed by atoms with Crippen LogP contribution in [0.4, 0.5) is 5.88 Å². The number of furan rings is 1. The molecule has 1 saturated heterocycles. The minimum absolute atomic E-state index is 0.286. The Labute approximate surface area is 128 Å². The maximum absolute atomic E-state index is 10.8. The number of carboxylic acid groups (broad SMARTS) is 1. The van der Waals surface area contributed by atoms with Crippen LogP contribution in [0.5, 0.6) is 0 Å². The largest absolute Gasteiger partial charge is 0.478 e. The van der Waals surface area contributed by atoms with Crippen molar-refractivity contribution in [2.24, 2.45) is 4.99 Å². The summed E-state index contributed by atoms with van der Waals surface area (Å²) < 4.78 is 5.75. The highest BCUT2D eigenvalue weighted by Gasteiger charge is 2.14. The smallest absolute Gasteiger partial charge is 0.335 e. The molecule has 0 saturated carbocycles. The van der Waals surface area contributed by atoms with Crippen molar-refractivity contribution in [3.63, 3.8) is 0 Å². The molecule has 5 heteroatoms. The molecule has 1 fully saturated rings. The molecule has 1 aromatic carbocycles. The molecular weight excluding hydrogens is 280 g/mol. The summed E-state index contributed by atoms with van der Waals surface area (Å²) in [6, 6.07) is 10.6. The fourth-order valence-corrected chi connectivity index (χ4v) is 2.51. The summed E-state index contributed by atoms with van der Waals surface area (Å²) in [4.78, 5) is 17.4. The average molecular weight is 298 g/mol. The van der Waals surface area contributed by atoms with E-state index in [1.54, 1.807) is 30.5 Å². The number of carbonyl (C=O) groups is 1. The van der Waals surface area contributed by atoms with Crippen LogP contribution in [-0.4, -0.2) is 30.4 Å². The van der Waals surface area contributed by atoms with Gasteiger partial charge in [-0.2, -0.15) is 0 Å². The van der Waals surface area contributed by atoms with Crippen LogP contribution >= 0.6 is 0 Å². The quantitative estimate of drug-likeness (QED) is 0.861. The van der Waals surface area contributed by atoms with Gasteiger partial charge < -0.3 is 14.4 Å². The van der Waals surface area contributed by atoms with Crippen LogP contribution in [0.25, 0.3) is 0 Å². The van der Waals surface area contributed by atoms with E-state index in [4.69, 9.17) is 9.52 Å². The first-order valence-corrected chi connectivity index (χ1v) is 7.39. The molecule has 1 aliphatic rings. The maximum Gasteiger partial charge on any atom is 0.335 e. The van der Waals surface area contributed by atoms with Gasteiger partial charge in [0.05, 0.1) is 18.3 Å². The molecule has 0 unspecified atom stereocenters. The summed E-state index contributed by atoms with van der Waals surface area (Å²) in [6.45, 7) is 2.61. The molecular formula is C17H18N2O3. The summed E-state index contributed by atoms with van der Waals surface area (Å²) in [6.07, 6.45) is 4.15. The predicted octanol–water partition coefficient (Wildman–Crippen LogP) is 3.20. The van der Waals surface area contributed by atoms with Crippen molar-refractivity contribution in [2.45, 2.75) is 19.4 Å². The lowest BCUT2D eigenvalue weighted by Gasteiger charge is -2.12. The van der Waals surface area contributed by atoms with E-state index in [-0.39, 0.29) is 5.56 Å². The number of aliphatic imine (C=N–C) groups is 1. The van der Waals surface area contributed by atoms with Gasteiger partial charge >= 0.3 is 5.97 Å². The molecule has 22 heavy (non-hydrogen) atoms. The van der Waals surface area contributed by atoms with Gasteiger partial charge in [0.25, 0.3) is 0 Å². The van der Waals surface area contributed by atoms with Gasteiger partial charge in [-0.1, -0.05) is 12.1 Å². The summed E-state index contributed by atoms with van der Waals surface area (Å²) >= 11 is 0. The molecule has 5 nitrogen and oxygen atoms in total. The van der Waals surface area contributed by atoms with E-state index >= 15 is 0 Å². The fraction of sp³-hybridized carbons (Fsp3) is 0.294. The molecule has 0 amide bonds. The Bertz CT molecular complexity index is 667. The van der Waals surface area contributed by atoms with E-state index < -0.39 is 5.97 Å². The monoisotopic (exact) mass is 298 g/mol. The molecule has 1 aliphatic heterocycles. The lowest BCUT2D eigenvalue weighted by Crippen LogP contribution is -2.16.